The van der Waals surface area contributed by atoms with Gasteiger partial charge in [-0.2, -0.15) is 0 Å². The van der Waals surface area contributed by atoms with E-state index in [9.17, 15) is 9.59 Å². The molecular weight excluding hydrogens is 416 g/mol. The minimum Gasteiger partial charge on any atom is -0.268 e. The highest BCUT2D eigenvalue weighted by molar-refractivity contribution is 8.18. The molecular formula is C24H15ClN2O2S. The molecule has 4 aromatic rings. The van der Waals surface area contributed by atoms with Crippen molar-refractivity contribution in [3.63, 3.8) is 0 Å². The molecule has 1 aliphatic rings. The third kappa shape index (κ3) is 3.36. The van der Waals surface area contributed by atoms with E-state index in [2.05, 4.69) is 0 Å². The van der Waals surface area contributed by atoms with E-state index in [1.165, 1.54) is 4.90 Å². The average molecular weight is 431 g/mol. The van der Waals surface area contributed by atoms with Gasteiger partial charge in [-0.05, 0) is 53.2 Å². The Kier molecular flexibility index (Phi) is 4.77. The number of hydrogen-bond donors (Lipinski definition) is 0. The molecule has 5 rings (SSSR count). The standard InChI is InChI=1S/C24H15ClN2O2S/c25-16-7-5-6-15(12-16)14-27-23(28)22(30-24(27)29)13-19-17-8-1-3-10-20(17)26-21-11-4-2-9-18(19)21/h1-13H,14H2. The van der Waals surface area contributed by atoms with Crippen LogP contribution >= 0.6 is 23.4 Å². The Bertz CT molecular complexity index is 1310. The van der Waals surface area contributed by atoms with Crippen molar-refractivity contribution in [2.75, 3.05) is 0 Å². The smallest absolute Gasteiger partial charge is 0.268 e. The van der Waals surface area contributed by atoms with Gasteiger partial charge in [0, 0.05) is 15.8 Å². The van der Waals surface area contributed by atoms with Gasteiger partial charge in [0.25, 0.3) is 11.1 Å². The topological polar surface area (TPSA) is 50.3 Å². The highest BCUT2D eigenvalue weighted by atomic mass is 35.5. The van der Waals surface area contributed by atoms with Gasteiger partial charge < -0.3 is 0 Å². The molecule has 0 atom stereocenters. The first-order valence-corrected chi connectivity index (χ1v) is 10.6. The second kappa shape index (κ2) is 7.59. The van der Waals surface area contributed by atoms with Crippen molar-refractivity contribution >= 4 is 62.4 Å². The number of amides is 2. The van der Waals surface area contributed by atoms with E-state index in [4.69, 9.17) is 16.6 Å². The minimum absolute atomic E-state index is 0.195. The predicted molar refractivity (Wildman–Crippen MR) is 122 cm³/mol. The Labute approximate surface area is 182 Å². The van der Waals surface area contributed by atoms with Crippen molar-refractivity contribution < 1.29 is 9.59 Å². The molecule has 30 heavy (non-hydrogen) atoms. The molecule has 0 unspecified atom stereocenters. The maximum Gasteiger partial charge on any atom is 0.293 e. The van der Waals surface area contributed by atoms with Crippen LogP contribution in [0.15, 0.2) is 77.7 Å². The van der Waals surface area contributed by atoms with Crippen LogP contribution < -0.4 is 0 Å². The Morgan fingerprint density at radius 3 is 2.23 bits per heavy atom. The fourth-order valence-corrected chi connectivity index (χ4v) is 4.65. The molecule has 3 aromatic carbocycles. The van der Waals surface area contributed by atoms with Gasteiger partial charge in [-0.15, -0.1) is 0 Å². The molecule has 1 aromatic heterocycles. The van der Waals surface area contributed by atoms with Crippen LogP contribution in [0.5, 0.6) is 0 Å². The number of carbonyl (C=O) groups excluding carboxylic acids is 2. The largest absolute Gasteiger partial charge is 0.293 e. The SMILES string of the molecule is O=C1SC(=Cc2c3ccccc3nc3ccccc23)C(=O)N1Cc1cccc(Cl)c1. The van der Waals surface area contributed by atoms with Gasteiger partial charge in [-0.3, -0.25) is 14.5 Å². The van der Waals surface area contributed by atoms with Gasteiger partial charge in [-0.25, -0.2) is 4.98 Å². The summed E-state index contributed by atoms with van der Waals surface area (Å²) in [6.07, 6.45) is 1.81. The lowest BCUT2D eigenvalue weighted by molar-refractivity contribution is -0.123. The molecule has 1 saturated heterocycles. The van der Waals surface area contributed by atoms with Gasteiger partial charge in [-0.1, -0.05) is 60.1 Å². The first-order chi connectivity index (χ1) is 14.6. The van der Waals surface area contributed by atoms with Gasteiger partial charge in [0.05, 0.1) is 22.5 Å². The van der Waals surface area contributed by atoms with E-state index >= 15 is 0 Å². The van der Waals surface area contributed by atoms with Crippen molar-refractivity contribution in [2.24, 2.45) is 0 Å². The summed E-state index contributed by atoms with van der Waals surface area (Å²) in [5, 5.41) is 2.18. The van der Waals surface area contributed by atoms with Crippen LogP contribution in [0.25, 0.3) is 27.9 Å². The molecule has 146 valence electrons. The molecule has 6 heteroatoms. The van der Waals surface area contributed by atoms with Crippen LogP contribution in [-0.4, -0.2) is 21.0 Å². The fraction of sp³-hybridized carbons (Fsp3) is 0.0417. The molecule has 2 heterocycles. The summed E-state index contributed by atoms with van der Waals surface area (Å²) in [6, 6.07) is 22.8. The average Bonchev–Trinajstić information content (AvgIpc) is 3.01. The number of imide groups is 1. The normalized spacial score (nSPS) is 15.6. The van der Waals surface area contributed by atoms with Gasteiger partial charge in [0.2, 0.25) is 0 Å². The van der Waals surface area contributed by atoms with Gasteiger partial charge in [0.1, 0.15) is 0 Å². The highest BCUT2D eigenvalue weighted by Crippen LogP contribution is 2.36. The van der Waals surface area contributed by atoms with E-state index < -0.39 is 0 Å². The first kappa shape index (κ1) is 18.9. The van der Waals surface area contributed by atoms with E-state index in [1.54, 1.807) is 12.1 Å². The Balaban J connectivity index is 1.59. The molecule has 0 N–H and O–H groups in total. The number of carbonyl (C=O) groups is 2. The van der Waals surface area contributed by atoms with Crippen molar-refractivity contribution in [1.29, 1.82) is 0 Å². The zero-order valence-electron chi connectivity index (χ0n) is 15.7. The number of fused-ring (bicyclic) bond motifs is 2. The van der Waals surface area contributed by atoms with Crippen molar-refractivity contribution in [3.8, 4) is 0 Å². The third-order valence-electron chi connectivity index (χ3n) is 5.01. The molecule has 1 fully saturated rings. The maximum absolute atomic E-state index is 13.0. The summed E-state index contributed by atoms with van der Waals surface area (Å²) in [6.45, 7) is 0.195. The number of aromatic nitrogens is 1. The fourth-order valence-electron chi connectivity index (χ4n) is 3.61. The number of hydrogen-bond acceptors (Lipinski definition) is 4. The summed E-state index contributed by atoms with van der Waals surface area (Å²) in [5.41, 5.74) is 3.40. The third-order valence-corrected chi connectivity index (χ3v) is 6.15. The van der Waals surface area contributed by atoms with E-state index in [0.29, 0.717) is 9.93 Å². The number of halogens is 1. The van der Waals surface area contributed by atoms with Crippen LogP contribution in [0.2, 0.25) is 5.02 Å². The van der Waals surface area contributed by atoms with Crippen LogP contribution in [0.4, 0.5) is 4.79 Å². The molecule has 4 nitrogen and oxygen atoms in total. The number of para-hydroxylation sites is 2. The molecule has 0 aliphatic carbocycles. The van der Waals surface area contributed by atoms with Gasteiger partial charge in [0.15, 0.2) is 0 Å². The predicted octanol–water partition coefficient (Wildman–Crippen LogP) is 6.28. The molecule has 0 radical (unpaired) electrons. The zero-order chi connectivity index (χ0) is 20.7. The summed E-state index contributed by atoms with van der Waals surface area (Å²) < 4.78 is 0. The number of rotatable bonds is 3. The summed E-state index contributed by atoms with van der Waals surface area (Å²) in [7, 11) is 0. The van der Waals surface area contributed by atoms with Crippen molar-refractivity contribution in [1.82, 2.24) is 9.88 Å². The summed E-state index contributed by atoms with van der Waals surface area (Å²) in [5.74, 6) is -0.296. The lowest BCUT2D eigenvalue weighted by atomic mass is 10.0. The number of thioether (sulfide) groups is 1. The first-order valence-electron chi connectivity index (χ1n) is 9.37. The number of benzene rings is 3. The Hall–Kier alpha value is -3.15. The second-order valence-corrected chi connectivity index (χ2v) is 8.39. The van der Waals surface area contributed by atoms with Crippen LogP contribution in [0.1, 0.15) is 11.1 Å². The molecule has 1 aliphatic heterocycles. The van der Waals surface area contributed by atoms with Crippen molar-refractivity contribution in [3.05, 3.63) is 93.9 Å². The summed E-state index contributed by atoms with van der Waals surface area (Å²) in [4.78, 5) is 32.0. The molecule has 0 spiro atoms. The quantitative estimate of drug-likeness (QED) is 0.283. The number of nitrogens with zero attached hydrogens (tertiary/aromatic N) is 2. The van der Waals surface area contributed by atoms with Crippen LogP contribution in [0, 0.1) is 0 Å². The monoisotopic (exact) mass is 430 g/mol. The Morgan fingerprint density at radius 1 is 0.900 bits per heavy atom. The number of pyridine rings is 1. The van der Waals surface area contributed by atoms with Gasteiger partial charge >= 0.3 is 0 Å². The maximum atomic E-state index is 13.0. The van der Waals surface area contributed by atoms with E-state index in [-0.39, 0.29) is 17.7 Å². The Morgan fingerprint density at radius 2 is 1.57 bits per heavy atom. The summed E-state index contributed by atoms with van der Waals surface area (Å²) >= 11 is 7.00. The van der Waals surface area contributed by atoms with Crippen molar-refractivity contribution in [2.45, 2.75) is 6.54 Å². The second-order valence-electron chi connectivity index (χ2n) is 6.96. The minimum atomic E-state index is -0.296. The zero-order valence-corrected chi connectivity index (χ0v) is 17.3. The van der Waals surface area contributed by atoms with Crippen LogP contribution in [0.3, 0.4) is 0 Å². The molecule has 0 saturated carbocycles. The van der Waals surface area contributed by atoms with Crippen LogP contribution in [-0.2, 0) is 11.3 Å². The molecule has 0 bridgehead atoms. The lowest BCUT2D eigenvalue weighted by Gasteiger charge is -2.12. The highest BCUT2D eigenvalue weighted by Gasteiger charge is 2.35. The lowest BCUT2D eigenvalue weighted by Crippen LogP contribution is -2.27. The van der Waals surface area contributed by atoms with E-state index in [0.717, 1.165) is 44.7 Å². The van der Waals surface area contributed by atoms with E-state index in [1.807, 2.05) is 66.7 Å². The molecule has 2 amide bonds.